The Morgan fingerprint density at radius 2 is 1.92 bits per heavy atom. The lowest BCUT2D eigenvalue weighted by molar-refractivity contribution is 0.880. The van der Waals surface area contributed by atoms with Gasteiger partial charge in [-0.05, 0) is 36.4 Å². The first kappa shape index (κ1) is 13.3. The van der Waals surface area contributed by atoms with Crippen LogP contribution in [0.3, 0.4) is 0 Å². The zero-order chi connectivity index (χ0) is 16.1. The van der Waals surface area contributed by atoms with Gasteiger partial charge < -0.3 is 4.98 Å². The molecule has 3 aromatic heterocycles. The Morgan fingerprint density at radius 1 is 1.04 bits per heavy atom. The molecule has 0 spiro atoms. The van der Waals surface area contributed by atoms with E-state index in [1.165, 1.54) is 0 Å². The third-order valence-corrected chi connectivity index (χ3v) is 4.23. The van der Waals surface area contributed by atoms with Crippen molar-refractivity contribution in [1.29, 1.82) is 0 Å². The number of rotatable bonds is 2. The Morgan fingerprint density at radius 3 is 2.79 bits per heavy atom. The summed E-state index contributed by atoms with van der Waals surface area (Å²) in [4.78, 5) is 7.99. The number of halogens is 1. The van der Waals surface area contributed by atoms with Crippen molar-refractivity contribution in [2.45, 2.75) is 0 Å². The van der Waals surface area contributed by atoms with E-state index in [4.69, 9.17) is 11.6 Å². The lowest BCUT2D eigenvalue weighted by Gasteiger charge is -1.99. The maximum absolute atomic E-state index is 5.93. The Bertz CT molecular complexity index is 1120. The maximum Gasteiger partial charge on any atom is 0.141 e. The van der Waals surface area contributed by atoms with Gasteiger partial charge in [0.1, 0.15) is 5.82 Å². The highest BCUT2D eigenvalue weighted by molar-refractivity contribution is 6.30. The van der Waals surface area contributed by atoms with Crippen molar-refractivity contribution < 1.29 is 0 Å². The normalized spacial score (nSPS) is 11.5. The van der Waals surface area contributed by atoms with Gasteiger partial charge in [0.2, 0.25) is 0 Å². The molecule has 0 bridgehead atoms. The van der Waals surface area contributed by atoms with Gasteiger partial charge in [-0.15, -0.1) is 0 Å². The van der Waals surface area contributed by atoms with Crippen LogP contribution >= 0.6 is 11.6 Å². The number of aromatic nitrogens is 6. The van der Waals surface area contributed by atoms with E-state index in [-0.39, 0.29) is 0 Å². The quantitative estimate of drug-likeness (QED) is 0.513. The second-order valence-electron chi connectivity index (χ2n) is 5.55. The molecule has 3 heterocycles. The van der Waals surface area contributed by atoms with E-state index in [1.54, 1.807) is 10.9 Å². The van der Waals surface area contributed by atoms with Crippen LogP contribution in [0.25, 0.3) is 39.0 Å². The SMILES string of the molecule is Clc1ccc(-n2cc(-c3nc4cc5c[nH]nc5cc4[nH]3)cn2)cc1. The number of hydrogen-bond donors (Lipinski definition) is 2. The third-order valence-electron chi connectivity index (χ3n) is 3.98. The van der Waals surface area contributed by atoms with Crippen molar-refractivity contribution >= 4 is 33.5 Å². The number of aromatic amines is 2. The summed E-state index contributed by atoms with van der Waals surface area (Å²) in [6.45, 7) is 0. The summed E-state index contributed by atoms with van der Waals surface area (Å²) in [5.41, 5.74) is 4.62. The van der Waals surface area contributed by atoms with Gasteiger partial charge >= 0.3 is 0 Å². The van der Waals surface area contributed by atoms with Crippen LogP contribution in [0.5, 0.6) is 0 Å². The molecule has 0 fully saturated rings. The topological polar surface area (TPSA) is 75.2 Å². The fourth-order valence-corrected chi connectivity index (χ4v) is 2.89. The van der Waals surface area contributed by atoms with Crippen LogP contribution in [0.1, 0.15) is 0 Å². The van der Waals surface area contributed by atoms with E-state index < -0.39 is 0 Å². The predicted octanol–water partition coefficient (Wildman–Crippen LogP) is 3.95. The van der Waals surface area contributed by atoms with Crippen LogP contribution in [-0.4, -0.2) is 29.9 Å². The number of fused-ring (bicyclic) bond motifs is 2. The molecule has 0 aliphatic heterocycles. The van der Waals surface area contributed by atoms with Crippen LogP contribution in [-0.2, 0) is 0 Å². The zero-order valence-electron chi connectivity index (χ0n) is 12.4. The van der Waals surface area contributed by atoms with E-state index in [1.807, 2.05) is 48.8 Å². The van der Waals surface area contributed by atoms with Gasteiger partial charge in [0.15, 0.2) is 0 Å². The van der Waals surface area contributed by atoms with Gasteiger partial charge in [0, 0.05) is 22.8 Å². The molecule has 2 aromatic carbocycles. The molecule has 0 unspecified atom stereocenters. The van der Waals surface area contributed by atoms with Crippen molar-refractivity contribution in [2.24, 2.45) is 0 Å². The van der Waals surface area contributed by atoms with Crippen molar-refractivity contribution in [2.75, 3.05) is 0 Å². The monoisotopic (exact) mass is 334 g/mol. The highest BCUT2D eigenvalue weighted by Crippen LogP contribution is 2.24. The van der Waals surface area contributed by atoms with Crippen molar-refractivity contribution in [3.63, 3.8) is 0 Å². The predicted molar refractivity (Wildman–Crippen MR) is 93.3 cm³/mol. The van der Waals surface area contributed by atoms with E-state index in [0.717, 1.165) is 39.0 Å². The molecule has 0 amide bonds. The minimum absolute atomic E-state index is 0.702. The molecular weight excluding hydrogens is 324 g/mol. The first-order valence-electron chi connectivity index (χ1n) is 7.40. The van der Waals surface area contributed by atoms with E-state index in [2.05, 4.69) is 25.3 Å². The van der Waals surface area contributed by atoms with Gasteiger partial charge in [-0.3, -0.25) is 5.10 Å². The fourth-order valence-electron chi connectivity index (χ4n) is 2.76. The molecule has 0 saturated carbocycles. The van der Waals surface area contributed by atoms with Crippen LogP contribution in [0, 0.1) is 0 Å². The van der Waals surface area contributed by atoms with Gasteiger partial charge in [-0.25, -0.2) is 9.67 Å². The van der Waals surface area contributed by atoms with E-state index in [0.29, 0.717) is 5.02 Å². The smallest absolute Gasteiger partial charge is 0.141 e. The molecule has 7 heteroatoms. The van der Waals surface area contributed by atoms with Crippen molar-refractivity contribution in [3.05, 3.63) is 60.0 Å². The Labute approximate surface area is 141 Å². The summed E-state index contributed by atoms with van der Waals surface area (Å²) >= 11 is 5.93. The second-order valence-corrected chi connectivity index (χ2v) is 5.99. The van der Waals surface area contributed by atoms with Crippen LogP contribution in [0.2, 0.25) is 5.02 Å². The second kappa shape index (κ2) is 4.94. The standard InChI is InChI=1S/C17H11ClN6/c18-12-1-3-13(4-2-12)24-9-11(8-20-24)17-21-15-5-10-7-19-23-14(10)6-16(15)22-17/h1-9H,(H,19,23)(H,21,22). The van der Waals surface area contributed by atoms with Crippen molar-refractivity contribution in [1.82, 2.24) is 29.9 Å². The summed E-state index contributed by atoms with van der Waals surface area (Å²) in [7, 11) is 0. The summed E-state index contributed by atoms with van der Waals surface area (Å²) in [6, 6.07) is 11.5. The minimum Gasteiger partial charge on any atom is -0.338 e. The van der Waals surface area contributed by atoms with E-state index >= 15 is 0 Å². The highest BCUT2D eigenvalue weighted by atomic mass is 35.5. The first-order chi connectivity index (χ1) is 11.8. The molecule has 0 saturated heterocycles. The van der Waals surface area contributed by atoms with Gasteiger partial charge in [-0.1, -0.05) is 11.6 Å². The molecule has 6 nitrogen and oxygen atoms in total. The van der Waals surface area contributed by atoms with Gasteiger partial charge in [-0.2, -0.15) is 10.2 Å². The van der Waals surface area contributed by atoms with Gasteiger partial charge in [0.25, 0.3) is 0 Å². The molecular formula is C17H11ClN6. The Kier molecular flexibility index (Phi) is 2.74. The summed E-state index contributed by atoms with van der Waals surface area (Å²) in [5.74, 6) is 0.779. The number of nitrogens with zero attached hydrogens (tertiary/aromatic N) is 4. The molecule has 2 N–H and O–H groups in total. The number of benzene rings is 2. The van der Waals surface area contributed by atoms with E-state index in [9.17, 15) is 0 Å². The van der Waals surface area contributed by atoms with Crippen LogP contribution in [0.4, 0.5) is 0 Å². The summed E-state index contributed by atoms with van der Waals surface area (Å²) in [5, 5.41) is 13.2. The number of imidazole rings is 1. The average molecular weight is 335 g/mol. The summed E-state index contributed by atoms with van der Waals surface area (Å²) < 4.78 is 1.80. The minimum atomic E-state index is 0.702. The number of H-pyrrole nitrogens is 2. The molecule has 5 rings (SSSR count). The molecule has 116 valence electrons. The zero-order valence-corrected chi connectivity index (χ0v) is 13.1. The molecule has 5 aromatic rings. The lowest BCUT2D eigenvalue weighted by atomic mass is 10.2. The van der Waals surface area contributed by atoms with Crippen molar-refractivity contribution in [3.8, 4) is 17.1 Å². The number of nitrogens with one attached hydrogen (secondary N) is 2. The highest BCUT2D eigenvalue weighted by Gasteiger charge is 2.10. The van der Waals surface area contributed by atoms with Crippen LogP contribution in [0.15, 0.2) is 55.0 Å². The summed E-state index contributed by atoms with van der Waals surface area (Å²) in [6.07, 6.45) is 5.59. The lowest BCUT2D eigenvalue weighted by Crippen LogP contribution is -1.92. The molecule has 0 aliphatic carbocycles. The Hall–Kier alpha value is -3.12. The largest absolute Gasteiger partial charge is 0.338 e. The number of hydrogen-bond acceptors (Lipinski definition) is 3. The molecule has 0 atom stereocenters. The Balaban J connectivity index is 1.58. The third kappa shape index (κ3) is 2.08. The molecule has 0 radical (unpaired) electrons. The molecule has 24 heavy (non-hydrogen) atoms. The average Bonchev–Trinajstić information content (AvgIpc) is 3.31. The van der Waals surface area contributed by atoms with Crippen LogP contribution < -0.4 is 0 Å². The molecule has 0 aliphatic rings. The maximum atomic E-state index is 5.93. The fraction of sp³-hybridized carbons (Fsp3) is 0. The first-order valence-corrected chi connectivity index (χ1v) is 7.78. The van der Waals surface area contributed by atoms with Gasteiger partial charge in [0.05, 0.1) is 34.0 Å².